The van der Waals surface area contributed by atoms with Crippen molar-refractivity contribution in [3.8, 4) is 0 Å². The zero-order chi connectivity index (χ0) is 14.7. The van der Waals surface area contributed by atoms with Gasteiger partial charge in [-0.1, -0.05) is 36.0 Å². The van der Waals surface area contributed by atoms with E-state index in [0.717, 1.165) is 21.8 Å². The standard InChI is InChI=1S/C15H16ClN3S/c1-10(11-4-3-5-12(16)8-11)19(2)14-9-18-7-6-13(14)15(17)20/h3-10H,1-2H3,(H2,17,20). The topological polar surface area (TPSA) is 42.2 Å². The van der Waals surface area contributed by atoms with Gasteiger partial charge in [-0.15, -0.1) is 0 Å². The van der Waals surface area contributed by atoms with Crippen molar-refractivity contribution in [2.24, 2.45) is 5.73 Å². The highest BCUT2D eigenvalue weighted by atomic mass is 35.5. The lowest BCUT2D eigenvalue weighted by molar-refractivity contribution is 0.737. The van der Waals surface area contributed by atoms with Crippen LogP contribution in [0.1, 0.15) is 24.1 Å². The summed E-state index contributed by atoms with van der Waals surface area (Å²) < 4.78 is 0. The van der Waals surface area contributed by atoms with E-state index in [1.165, 1.54) is 0 Å². The second kappa shape index (κ2) is 6.20. The Labute approximate surface area is 129 Å². The Morgan fingerprint density at radius 3 is 2.80 bits per heavy atom. The molecule has 0 fully saturated rings. The van der Waals surface area contributed by atoms with Gasteiger partial charge in [-0.2, -0.15) is 0 Å². The highest BCUT2D eigenvalue weighted by molar-refractivity contribution is 7.80. The minimum Gasteiger partial charge on any atom is -0.389 e. The van der Waals surface area contributed by atoms with Gasteiger partial charge in [0.05, 0.1) is 17.9 Å². The summed E-state index contributed by atoms with van der Waals surface area (Å²) in [5, 5.41) is 0.725. The Balaban J connectivity index is 2.36. The molecule has 0 amide bonds. The summed E-state index contributed by atoms with van der Waals surface area (Å²) >= 11 is 11.1. The minimum absolute atomic E-state index is 0.131. The maximum Gasteiger partial charge on any atom is 0.106 e. The Kier molecular flexibility index (Phi) is 4.57. The van der Waals surface area contributed by atoms with Crippen LogP contribution in [0.2, 0.25) is 5.02 Å². The predicted octanol–water partition coefficient (Wildman–Crippen LogP) is 3.57. The van der Waals surface area contributed by atoms with Gasteiger partial charge in [-0.05, 0) is 30.7 Å². The SMILES string of the molecule is CC(c1cccc(Cl)c1)N(C)c1cnccc1C(N)=S. The van der Waals surface area contributed by atoms with Gasteiger partial charge in [0.1, 0.15) is 4.99 Å². The molecule has 0 aliphatic heterocycles. The van der Waals surface area contributed by atoms with Crippen molar-refractivity contribution in [1.82, 2.24) is 4.98 Å². The third-order valence-corrected chi connectivity index (χ3v) is 3.81. The van der Waals surface area contributed by atoms with Crippen LogP contribution in [0.25, 0.3) is 0 Å². The molecule has 2 rings (SSSR count). The van der Waals surface area contributed by atoms with Crippen LogP contribution in [0.15, 0.2) is 42.7 Å². The van der Waals surface area contributed by atoms with E-state index in [1.807, 2.05) is 37.4 Å². The van der Waals surface area contributed by atoms with E-state index in [4.69, 9.17) is 29.6 Å². The molecule has 1 heterocycles. The molecule has 1 aromatic heterocycles. The maximum atomic E-state index is 6.05. The van der Waals surface area contributed by atoms with Crippen molar-refractivity contribution in [2.75, 3.05) is 11.9 Å². The van der Waals surface area contributed by atoms with Gasteiger partial charge in [-0.25, -0.2) is 0 Å². The molecule has 0 aliphatic rings. The summed E-state index contributed by atoms with van der Waals surface area (Å²) in [5.74, 6) is 0. The second-order valence-electron chi connectivity index (χ2n) is 4.60. The van der Waals surface area contributed by atoms with Crippen LogP contribution < -0.4 is 10.6 Å². The molecule has 0 saturated heterocycles. The number of pyridine rings is 1. The summed E-state index contributed by atoms with van der Waals surface area (Å²) in [6.07, 6.45) is 3.46. The zero-order valence-electron chi connectivity index (χ0n) is 11.4. The van der Waals surface area contributed by atoms with Crippen LogP contribution in [-0.4, -0.2) is 17.0 Å². The first-order chi connectivity index (χ1) is 9.50. The lowest BCUT2D eigenvalue weighted by Gasteiger charge is -2.28. The van der Waals surface area contributed by atoms with Gasteiger partial charge < -0.3 is 10.6 Å². The molecule has 0 bridgehead atoms. The molecule has 1 aromatic carbocycles. The van der Waals surface area contributed by atoms with Crippen molar-refractivity contribution >= 4 is 34.5 Å². The largest absolute Gasteiger partial charge is 0.389 e. The molecule has 2 aromatic rings. The van der Waals surface area contributed by atoms with E-state index in [9.17, 15) is 0 Å². The molecular weight excluding hydrogens is 290 g/mol. The number of benzene rings is 1. The number of hydrogen-bond acceptors (Lipinski definition) is 3. The number of rotatable bonds is 4. The van der Waals surface area contributed by atoms with Crippen molar-refractivity contribution in [1.29, 1.82) is 0 Å². The van der Waals surface area contributed by atoms with E-state index >= 15 is 0 Å². The number of nitrogens with zero attached hydrogens (tertiary/aromatic N) is 2. The van der Waals surface area contributed by atoms with Crippen molar-refractivity contribution in [2.45, 2.75) is 13.0 Å². The fraction of sp³-hybridized carbons (Fsp3) is 0.200. The highest BCUT2D eigenvalue weighted by Gasteiger charge is 2.16. The molecule has 20 heavy (non-hydrogen) atoms. The van der Waals surface area contributed by atoms with Crippen molar-refractivity contribution in [3.05, 3.63) is 58.9 Å². The van der Waals surface area contributed by atoms with Crippen molar-refractivity contribution < 1.29 is 0 Å². The quantitative estimate of drug-likeness (QED) is 0.877. The first-order valence-electron chi connectivity index (χ1n) is 6.23. The lowest BCUT2D eigenvalue weighted by Crippen LogP contribution is -2.25. The number of anilines is 1. The molecule has 2 N–H and O–H groups in total. The van der Waals surface area contributed by atoms with E-state index in [2.05, 4.69) is 16.8 Å². The van der Waals surface area contributed by atoms with E-state index in [1.54, 1.807) is 12.4 Å². The van der Waals surface area contributed by atoms with E-state index < -0.39 is 0 Å². The summed E-state index contributed by atoms with van der Waals surface area (Å²) in [5.41, 5.74) is 8.63. The van der Waals surface area contributed by atoms with Crippen LogP contribution in [0.3, 0.4) is 0 Å². The molecule has 1 atom stereocenters. The third kappa shape index (κ3) is 3.08. The first kappa shape index (κ1) is 14.8. The molecule has 0 spiro atoms. The Morgan fingerprint density at radius 2 is 2.15 bits per heavy atom. The Hall–Kier alpha value is -1.65. The number of hydrogen-bond donors (Lipinski definition) is 1. The summed E-state index contributed by atoms with van der Waals surface area (Å²) in [7, 11) is 1.99. The van der Waals surface area contributed by atoms with Crippen LogP contribution >= 0.6 is 23.8 Å². The van der Waals surface area contributed by atoms with Crippen molar-refractivity contribution in [3.63, 3.8) is 0 Å². The van der Waals surface area contributed by atoms with Crippen LogP contribution in [0.5, 0.6) is 0 Å². The molecule has 104 valence electrons. The van der Waals surface area contributed by atoms with Crippen LogP contribution in [0, 0.1) is 0 Å². The van der Waals surface area contributed by atoms with Gasteiger partial charge in [-0.3, -0.25) is 4.98 Å². The fourth-order valence-electron chi connectivity index (χ4n) is 2.07. The summed E-state index contributed by atoms with van der Waals surface area (Å²) in [4.78, 5) is 6.62. The Bertz CT molecular complexity index is 630. The number of thiocarbonyl (C=S) groups is 1. The smallest absolute Gasteiger partial charge is 0.106 e. The van der Waals surface area contributed by atoms with E-state index in [-0.39, 0.29) is 6.04 Å². The average Bonchev–Trinajstić information content (AvgIpc) is 2.45. The third-order valence-electron chi connectivity index (χ3n) is 3.36. The predicted molar refractivity (Wildman–Crippen MR) is 88.4 cm³/mol. The summed E-state index contributed by atoms with van der Waals surface area (Å²) in [6, 6.07) is 9.77. The van der Waals surface area contributed by atoms with E-state index in [0.29, 0.717) is 4.99 Å². The number of halogens is 1. The lowest BCUT2D eigenvalue weighted by atomic mass is 10.1. The van der Waals surface area contributed by atoms with Crippen LogP contribution in [-0.2, 0) is 0 Å². The maximum absolute atomic E-state index is 6.05. The van der Waals surface area contributed by atoms with Gasteiger partial charge in [0, 0.05) is 23.8 Å². The first-order valence-corrected chi connectivity index (χ1v) is 7.01. The normalized spacial score (nSPS) is 11.9. The molecule has 0 saturated carbocycles. The minimum atomic E-state index is 0.131. The highest BCUT2D eigenvalue weighted by Crippen LogP contribution is 2.28. The number of nitrogens with two attached hydrogens (primary N) is 1. The van der Waals surface area contributed by atoms with Gasteiger partial charge in [0.2, 0.25) is 0 Å². The van der Waals surface area contributed by atoms with Gasteiger partial charge in [0.25, 0.3) is 0 Å². The molecule has 0 aliphatic carbocycles. The molecular formula is C15H16ClN3S. The molecule has 1 unspecified atom stereocenters. The monoisotopic (exact) mass is 305 g/mol. The average molecular weight is 306 g/mol. The number of aromatic nitrogens is 1. The zero-order valence-corrected chi connectivity index (χ0v) is 12.9. The Morgan fingerprint density at radius 1 is 1.40 bits per heavy atom. The molecule has 0 radical (unpaired) electrons. The summed E-state index contributed by atoms with van der Waals surface area (Å²) in [6.45, 7) is 2.10. The second-order valence-corrected chi connectivity index (χ2v) is 5.48. The fourth-order valence-corrected chi connectivity index (χ4v) is 2.45. The molecule has 5 heteroatoms. The van der Waals surface area contributed by atoms with Gasteiger partial charge in [0.15, 0.2) is 0 Å². The van der Waals surface area contributed by atoms with Gasteiger partial charge >= 0.3 is 0 Å². The molecule has 3 nitrogen and oxygen atoms in total. The van der Waals surface area contributed by atoms with Crippen LogP contribution in [0.4, 0.5) is 5.69 Å².